The van der Waals surface area contributed by atoms with Gasteiger partial charge in [-0.1, -0.05) is 11.6 Å². The van der Waals surface area contributed by atoms with Crippen molar-refractivity contribution in [1.29, 1.82) is 0 Å². The quantitative estimate of drug-likeness (QED) is 0.801. The van der Waals surface area contributed by atoms with Crippen LogP contribution in [-0.4, -0.2) is 34.6 Å². The molecule has 0 spiro atoms. The predicted octanol–water partition coefficient (Wildman–Crippen LogP) is 3.44. The van der Waals surface area contributed by atoms with Crippen molar-refractivity contribution >= 4 is 35.4 Å². The van der Waals surface area contributed by atoms with Gasteiger partial charge in [0.25, 0.3) is 0 Å². The van der Waals surface area contributed by atoms with Crippen molar-refractivity contribution in [2.45, 2.75) is 12.8 Å². The number of hydrogen-bond acceptors (Lipinski definition) is 6. The molecule has 0 fully saturated rings. The van der Waals surface area contributed by atoms with E-state index in [2.05, 4.69) is 9.82 Å². The average Bonchev–Trinajstić information content (AvgIpc) is 3.30. The van der Waals surface area contributed by atoms with E-state index in [1.54, 1.807) is 12.1 Å². The standard InChI is InChI=1S/C18H17ClN4O2S/c1-25-17-3-2-13(10-15(17)19)16-5-6-22(21-16)18(24)9-12-4-7-23-14(8-12)11-20-26-23/h2-4,7-8,10-11,20H,5-6,9H2,1H3. The van der Waals surface area contributed by atoms with Crippen molar-refractivity contribution in [3.8, 4) is 5.75 Å². The summed E-state index contributed by atoms with van der Waals surface area (Å²) in [6.07, 6.45) is 8.87. The van der Waals surface area contributed by atoms with Gasteiger partial charge < -0.3 is 9.46 Å². The van der Waals surface area contributed by atoms with Crippen LogP contribution in [0.4, 0.5) is 0 Å². The molecule has 0 unspecified atom stereocenters. The van der Waals surface area contributed by atoms with Gasteiger partial charge in [0.1, 0.15) is 5.75 Å². The molecule has 4 rings (SSSR count). The Balaban J connectivity index is 1.45. The lowest BCUT2D eigenvalue weighted by Crippen LogP contribution is -2.23. The fourth-order valence-corrected chi connectivity index (χ4v) is 3.82. The Labute approximate surface area is 161 Å². The normalized spacial score (nSPS) is 18.2. The molecule has 3 heterocycles. The smallest absolute Gasteiger partial charge is 0.247 e. The SMILES string of the molecule is COc1ccc(C2=NN(C(=O)CC3=CC4=CNSN4C=C3)CC2)cc1Cl. The lowest BCUT2D eigenvalue weighted by molar-refractivity contribution is -0.129. The minimum absolute atomic E-state index is 0.0110. The Morgan fingerprint density at radius 3 is 3.15 bits per heavy atom. The van der Waals surface area contributed by atoms with Gasteiger partial charge in [-0.05, 0) is 41.5 Å². The van der Waals surface area contributed by atoms with Crippen LogP contribution in [0.3, 0.4) is 0 Å². The molecular formula is C18H17ClN4O2S. The maximum absolute atomic E-state index is 12.6. The van der Waals surface area contributed by atoms with Crippen LogP contribution in [0.15, 0.2) is 59.1 Å². The Hall–Kier alpha value is -2.38. The summed E-state index contributed by atoms with van der Waals surface area (Å²) in [5.74, 6) is 0.615. The minimum atomic E-state index is -0.0110. The first-order chi connectivity index (χ1) is 12.6. The zero-order valence-corrected chi connectivity index (χ0v) is 15.7. The molecule has 6 nitrogen and oxygen atoms in total. The summed E-state index contributed by atoms with van der Waals surface area (Å²) in [6, 6.07) is 5.55. The van der Waals surface area contributed by atoms with Crippen molar-refractivity contribution in [1.82, 2.24) is 14.0 Å². The van der Waals surface area contributed by atoms with Gasteiger partial charge in [-0.2, -0.15) is 5.10 Å². The van der Waals surface area contributed by atoms with E-state index in [9.17, 15) is 4.79 Å². The molecule has 8 heteroatoms. The van der Waals surface area contributed by atoms with Gasteiger partial charge in [-0.15, -0.1) is 0 Å². The van der Waals surface area contributed by atoms with Crippen LogP contribution in [0.1, 0.15) is 18.4 Å². The van der Waals surface area contributed by atoms with E-state index in [1.807, 2.05) is 47.1 Å². The van der Waals surface area contributed by atoms with Crippen LogP contribution >= 0.6 is 23.7 Å². The highest BCUT2D eigenvalue weighted by Crippen LogP contribution is 2.29. The molecule has 3 aliphatic heterocycles. The summed E-state index contributed by atoms with van der Waals surface area (Å²) in [4.78, 5) is 12.6. The fraction of sp³-hybridized carbons (Fsp3) is 0.222. The maximum Gasteiger partial charge on any atom is 0.247 e. The summed E-state index contributed by atoms with van der Waals surface area (Å²) in [5.41, 5.74) is 3.79. The third kappa shape index (κ3) is 3.32. The second-order valence-corrected chi connectivity index (χ2v) is 7.20. The van der Waals surface area contributed by atoms with Crippen LogP contribution in [-0.2, 0) is 4.79 Å². The maximum atomic E-state index is 12.6. The summed E-state index contributed by atoms with van der Waals surface area (Å²) < 4.78 is 10.3. The van der Waals surface area contributed by atoms with E-state index in [0.717, 1.165) is 22.5 Å². The summed E-state index contributed by atoms with van der Waals surface area (Å²) in [7, 11) is 1.58. The molecule has 0 atom stereocenters. The molecule has 134 valence electrons. The molecule has 3 aliphatic rings. The van der Waals surface area contributed by atoms with Crippen molar-refractivity contribution in [3.63, 3.8) is 0 Å². The second kappa shape index (κ2) is 7.09. The van der Waals surface area contributed by atoms with Crippen molar-refractivity contribution < 1.29 is 9.53 Å². The third-order valence-corrected chi connectivity index (χ3v) is 5.35. The number of hydrogen-bond donors (Lipinski definition) is 1. The molecule has 0 radical (unpaired) electrons. The van der Waals surface area contributed by atoms with Gasteiger partial charge in [0.15, 0.2) is 0 Å². The third-order valence-electron chi connectivity index (χ3n) is 4.30. The number of hydrazone groups is 1. The fourth-order valence-electron chi connectivity index (χ4n) is 2.94. The van der Waals surface area contributed by atoms with Gasteiger partial charge in [-0.25, -0.2) is 5.01 Å². The number of nitrogens with one attached hydrogen (secondary N) is 1. The highest BCUT2D eigenvalue weighted by atomic mass is 35.5. The lowest BCUT2D eigenvalue weighted by Gasteiger charge is -2.18. The number of rotatable bonds is 4. The van der Waals surface area contributed by atoms with E-state index in [4.69, 9.17) is 16.3 Å². The number of carbonyl (C=O) groups excluding carboxylic acids is 1. The second-order valence-electron chi connectivity index (χ2n) is 5.98. The zero-order chi connectivity index (χ0) is 18.1. The number of benzene rings is 1. The molecule has 1 aromatic rings. The Morgan fingerprint density at radius 2 is 2.35 bits per heavy atom. The molecule has 26 heavy (non-hydrogen) atoms. The highest BCUT2D eigenvalue weighted by molar-refractivity contribution is 7.95. The topological polar surface area (TPSA) is 57.2 Å². The molecule has 1 N–H and O–H groups in total. The number of carbonyl (C=O) groups is 1. The zero-order valence-electron chi connectivity index (χ0n) is 14.1. The predicted molar refractivity (Wildman–Crippen MR) is 103 cm³/mol. The van der Waals surface area contributed by atoms with E-state index in [0.29, 0.717) is 30.2 Å². The molecule has 0 saturated carbocycles. The summed E-state index contributed by atoms with van der Waals surface area (Å²) >= 11 is 7.68. The van der Waals surface area contributed by atoms with Crippen molar-refractivity contribution in [2.75, 3.05) is 13.7 Å². The number of halogens is 1. The molecule has 0 aromatic heterocycles. The van der Waals surface area contributed by atoms with Crippen LogP contribution < -0.4 is 9.46 Å². The first-order valence-corrected chi connectivity index (χ1v) is 9.31. The Bertz CT molecular complexity index is 878. The summed E-state index contributed by atoms with van der Waals surface area (Å²) in [6.45, 7) is 0.584. The number of ether oxygens (including phenoxy) is 1. The summed E-state index contributed by atoms with van der Waals surface area (Å²) in [5, 5.41) is 6.58. The Kier molecular flexibility index (Phi) is 4.65. The lowest BCUT2D eigenvalue weighted by atomic mass is 10.1. The van der Waals surface area contributed by atoms with Gasteiger partial charge in [-0.3, -0.25) is 9.10 Å². The van der Waals surface area contributed by atoms with Crippen molar-refractivity contribution in [2.24, 2.45) is 5.10 Å². The van der Waals surface area contributed by atoms with Gasteiger partial charge >= 0.3 is 0 Å². The number of fused-ring (bicyclic) bond motifs is 1. The minimum Gasteiger partial charge on any atom is -0.495 e. The van der Waals surface area contributed by atoms with Crippen molar-refractivity contribution in [3.05, 3.63) is 64.6 Å². The Morgan fingerprint density at radius 1 is 1.46 bits per heavy atom. The number of nitrogens with zero attached hydrogens (tertiary/aromatic N) is 3. The largest absolute Gasteiger partial charge is 0.495 e. The number of allylic oxidation sites excluding steroid dienone is 2. The number of amides is 1. The highest BCUT2D eigenvalue weighted by Gasteiger charge is 2.24. The molecule has 1 amide bonds. The average molecular weight is 389 g/mol. The van der Waals surface area contributed by atoms with Crippen LogP contribution in [0.25, 0.3) is 0 Å². The number of methoxy groups -OCH3 is 1. The van der Waals surface area contributed by atoms with Crippen LogP contribution in [0.2, 0.25) is 5.02 Å². The first kappa shape index (κ1) is 17.1. The van der Waals surface area contributed by atoms with E-state index >= 15 is 0 Å². The van der Waals surface area contributed by atoms with E-state index in [-0.39, 0.29) is 5.91 Å². The molecule has 1 aromatic carbocycles. The monoisotopic (exact) mass is 388 g/mol. The van der Waals surface area contributed by atoms with Gasteiger partial charge in [0, 0.05) is 18.8 Å². The first-order valence-electron chi connectivity index (χ1n) is 8.16. The molecular weight excluding hydrogens is 372 g/mol. The van der Waals surface area contributed by atoms with Crippen LogP contribution in [0.5, 0.6) is 5.75 Å². The molecule has 0 bridgehead atoms. The molecule has 0 aliphatic carbocycles. The molecule has 0 saturated heterocycles. The van der Waals surface area contributed by atoms with E-state index < -0.39 is 0 Å². The van der Waals surface area contributed by atoms with E-state index in [1.165, 1.54) is 12.1 Å². The van der Waals surface area contributed by atoms with Gasteiger partial charge in [0.05, 0.1) is 48.6 Å². The van der Waals surface area contributed by atoms with Crippen LogP contribution in [0, 0.1) is 0 Å². The van der Waals surface area contributed by atoms with Gasteiger partial charge in [0.2, 0.25) is 5.91 Å².